The van der Waals surface area contributed by atoms with Gasteiger partial charge < -0.3 is 5.32 Å². The van der Waals surface area contributed by atoms with Crippen molar-refractivity contribution in [2.45, 2.75) is 30.7 Å². The Hall–Kier alpha value is -2.52. The predicted molar refractivity (Wildman–Crippen MR) is 107 cm³/mol. The number of benzene rings is 1. The number of thioether (sulfide) groups is 1. The molecule has 1 aromatic carbocycles. The van der Waals surface area contributed by atoms with Crippen LogP contribution in [0, 0.1) is 10.1 Å². The highest BCUT2D eigenvalue weighted by atomic mass is 32.2. The smallest absolute Gasteiger partial charge is 0.269 e. The van der Waals surface area contributed by atoms with E-state index in [0.717, 1.165) is 28.1 Å². The first kappa shape index (κ1) is 17.9. The lowest BCUT2D eigenvalue weighted by molar-refractivity contribution is -0.384. The Morgan fingerprint density at radius 3 is 2.78 bits per heavy atom. The molecule has 1 amide bonds. The summed E-state index contributed by atoms with van der Waals surface area (Å²) in [6.45, 7) is 0. The number of aromatic nitrogens is 2. The molecule has 1 N–H and O–H groups in total. The van der Waals surface area contributed by atoms with Crippen LogP contribution in [0.4, 0.5) is 11.4 Å². The number of hydrogen-bond donors (Lipinski definition) is 1. The maximum atomic E-state index is 12.3. The van der Waals surface area contributed by atoms with Gasteiger partial charge in [0.1, 0.15) is 16.2 Å². The molecule has 0 fully saturated rings. The van der Waals surface area contributed by atoms with Gasteiger partial charge in [-0.05, 0) is 43.4 Å². The van der Waals surface area contributed by atoms with Crippen LogP contribution in [0.1, 0.15) is 23.3 Å². The molecule has 0 aliphatic heterocycles. The summed E-state index contributed by atoms with van der Waals surface area (Å²) in [5, 5.41) is 15.4. The van der Waals surface area contributed by atoms with Crippen molar-refractivity contribution in [2.24, 2.45) is 0 Å². The van der Waals surface area contributed by atoms with Crippen LogP contribution in [0.5, 0.6) is 0 Å². The Labute approximate surface area is 163 Å². The maximum Gasteiger partial charge on any atom is 0.269 e. The van der Waals surface area contributed by atoms with Crippen LogP contribution in [0.15, 0.2) is 35.6 Å². The van der Waals surface area contributed by atoms with Crippen LogP contribution < -0.4 is 5.32 Å². The fourth-order valence-corrected chi connectivity index (χ4v) is 5.29. The SMILES string of the molecule is O=C(CSc1ncnc2sc3c(c12)CCCC3)Nc1ccc([N+](=O)[O-])cc1. The van der Waals surface area contributed by atoms with Crippen LogP contribution >= 0.6 is 23.1 Å². The van der Waals surface area contributed by atoms with Gasteiger partial charge in [0.05, 0.1) is 10.7 Å². The fourth-order valence-electron chi connectivity index (χ4n) is 3.17. The number of nitrogens with one attached hydrogen (secondary N) is 1. The van der Waals surface area contributed by atoms with Gasteiger partial charge in [0, 0.05) is 28.1 Å². The van der Waals surface area contributed by atoms with Crippen molar-refractivity contribution in [3.8, 4) is 0 Å². The quantitative estimate of drug-likeness (QED) is 0.298. The second-order valence-electron chi connectivity index (χ2n) is 6.21. The second-order valence-corrected chi connectivity index (χ2v) is 8.26. The molecule has 1 aliphatic rings. The van der Waals surface area contributed by atoms with E-state index in [1.165, 1.54) is 59.3 Å². The largest absolute Gasteiger partial charge is 0.325 e. The van der Waals surface area contributed by atoms with E-state index >= 15 is 0 Å². The molecule has 7 nitrogen and oxygen atoms in total. The van der Waals surface area contributed by atoms with Gasteiger partial charge in [-0.15, -0.1) is 11.3 Å². The lowest BCUT2D eigenvalue weighted by Crippen LogP contribution is -2.14. The highest BCUT2D eigenvalue weighted by molar-refractivity contribution is 8.00. The monoisotopic (exact) mass is 400 g/mol. The lowest BCUT2D eigenvalue weighted by atomic mass is 9.97. The summed E-state index contributed by atoms with van der Waals surface area (Å²) >= 11 is 3.13. The third kappa shape index (κ3) is 3.79. The number of aryl methyl sites for hydroxylation is 2. The molecule has 0 saturated heterocycles. The summed E-state index contributed by atoms with van der Waals surface area (Å²) in [7, 11) is 0. The number of hydrogen-bond acceptors (Lipinski definition) is 7. The molecular weight excluding hydrogens is 384 g/mol. The molecule has 3 aromatic rings. The minimum Gasteiger partial charge on any atom is -0.325 e. The number of carbonyl (C=O) groups is 1. The number of fused-ring (bicyclic) bond motifs is 3. The van der Waals surface area contributed by atoms with Gasteiger partial charge in [-0.3, -0.25) is 14.9 Å². The van der Waals surface area contributed by atoms with Gasteiger partial charge in [-0.25, -0.2) is 9.97 Å². The summed E-state index contributed by atoms with van der Waals surface area (Å²) in [4.78, 5) is 33.7. The normalized spacial score (nSPS) is 13.3. The Kier molecular flexibility index (Phi) is 5.04. The third-order valence-corrected chi connectivity index (χ3v) is 6.61. The summed E-state index contributed by atoms with van der Waals surface area (Å²) in [6, 6.07) is 5.79. The van der Waals surface area contributed by atoms with Gasteiger partial charge in [0.25, 0.3) is 5.69 Å². The van der Waals surface area contributed by atoms with Gasteiger partial charge in [-0.1, -0.05) is 11.8 Å². The first-order valence-corrected chi connectivity index (χ1v) is 10.3. The third-order valence-electron chi connectivity index (χ3n) is 4.42. The molecule has 0 spiro atoms. The summed E-state index contributed by atoms with van der Waals surface area (Å²) < 4.78 is 0. The number of nitrogens with zero attached hydrogens (tertiary/aromatic N) is 3. The van der Waals surface area contributed by atoms with Crippen molar-refractivity contribution in [2.75, 3.05) is 11.1 Å². The number of amides is 1. The Bertz CT molecular complexity index is 1020. The van der Waals surface area contributed by atoms with Crippen LogP contribution in [0.2, 0.25) is 0 Å². The van der Waals surface area contributed by atoms with Crippen molar-refractivity contribution in [3.05, 3.63) is 51.1 Å². The molecule has 138 valence electrons. The Balaban J connectivity index is 1.46. The van der Waals surface area contributed by atoms with E-state index in [-0.39, 0.29) is 17.3 Å². The van der Waals surface area contributed by atoms with Crippen molar-refractivity contribution in [1.29, 1.82) is 0 Å². The van der Waals surface area contributed by atoms with E-state index in [9.17, 15) is 14.9 Å². The zero-order chi connectivity index (χ0) is 18.8. The minimum atomic E-state index is -0.469. The minimum absolute atomic E-state index is 0.00650. The average Bonchev–Trinajstić information content (AvgIpc) is 3.06. The number of anilines is 1. The van der Waals surface area contributed by atoms with Crippen LogP contribution in [0.25, 0.3) is 10.2 Å². The van der Waals surface area contributed by atoms with Crippen LogP contribution in [0.3, 0.4) is 0 Å². The molecule has 1 aliphatic carbocycles. The lowest BCUT2D eigenvalue weighted by Gasteiger charge is -2.11. The van der Waals surface area contributed by atoms with E-state index in [0.29, 0.717) is 5.69 Å². The van der Waals surface area contributed by atoms with Crippen molar-refractivity contribution in [3.63, 3.8) is 0 Å². The molecule has 2 aromatic heterocycles. The second kappa shape index (κ2) is 7.61. The summed E-state index contributed by atoms with van der Waals surface area (Å²) in [5.74, 6) is 0.0398. The molecule has 0 saturated carbocycles. The van der Waals surface area contributed by atoms with Crippen molar-refractivity contribution < 1.29 is 9.72 Å². The Morgan fingerprint density at radius 2 is 2.00 bits per heavy atom. The standard InChI is InChI=1S/C18H16N4O3S2/c23-15(21-11-5-7-12(8-6-11)22(24)25)9-26-17-16-13-3-1-2-4-14(13)27-18(16)20-10-19-17/h5-8,10H,1-4,9H2,(H,21,23). The molecule has 0 radical (unpaired) electrons. The van der Waals surface area contributed by atoms with Crippen LogP contribution in [-0.4, -0.2) is 26.6 Å². The van der Waals surface area contributed by atoms with E-state index in [1.54, 1.807) is 17.7 Å². The van der Waals surface area contributed by atoms with Crippen LogP contribution in [-0.2, 0) is 17.6 Å². The van der Waals surface area contributed by atoms with Gasteiger partial charge in [0.15, 0.2) is 0 Å². The first-order valence-electron chi connectivity index (χ1n) is 8.54. The molecule has 9 heteroatoms. The van der Waals surface area contributed by atoms with Crippen molar-refractivity contribution in [1.82, 2.24) is 9.97 Å². The van der Waals surface area contributed by atoms with Gasteiger partial charge in [-0.2, -0.15) is 0 Å². The predicted octanol–water partition coefficient (Wildman–Crippen LogP) is 4.21. The summed E-state index contributed by atoms with van der Waals surface area (Å²) in [6.07, 6.45) is 6.10. The molecule has 0 atom stereocenters. The van der Waals surface area contributed by atoms with E-state index in [1.807, 2.05) is 0 Å². The maximum absolute atomic E-state index is 12.3. The average molecular weight is 400 g/mol. The number of rotatable bonds is 5. The Morgan fingerprint density at radius 1 is 1.22 bits per heavy atom. The van der Waals surface area contributed by atoms with Gasteiger partial charge in [0.2, 0.25) is 5.91 Å². The van der Waals surface area contributed by atoms with E-state index in [2.05, 4.69) is 15.3 Å². The molecule has 2 heterocycles. The molecule has 4 rings (SSSR count). The topological polar surface area (TPSA) is 98.0 Å². The number of nitro groups is 1. The number of carbonyl (C=O) groups excluding carboxylic acids is 1. The zero-order valence-electron chi connectivity index (χ0n) is 14.3. The van der Waals surface area contributed by atoms with Crippen molar-refractivity contribution >= 4 is 50.6 Å². The van der Waals surface area contributed by atoms with E-state index < -0.39 is 4.92 Å². The number of nitro benzene ring substituents is 1. The molecule has 27 heavy (non-hydrogen) atoms. The number of thiophene rings is 1. The highest BCUT2D eigenvalue weighted by Gasteiger charge is 2.20. The zero-order valence-corrected chi connectivity index (χ0v) is 15.9. The summed E-state index contributed by atoms with van der Waals surface area (Å²) in [5.41, 5.74) is 1.88. The molecular formula is C18H16N4O3S2. The fraction of sp³-hybridized carbons (Fsp3) is 0.278. The molecule has 0 unspecified atom stereocenters. The first-order chi connectivity index (χ1) is 13.1. The van der Waals surface area contributed by atoms with E-state index in [4.69, 9.17) is 0 Å². The van der Waals surface area contributed by atoms with Gasteiger partial charge >= 0.3 is 0 Å². The number of non-ortho nitro benzene ring substituents is 1. The molecule has 0 bridgehead atoms. The highest BCUT2D eigenvalue weighted by Crippen LogP contribution is 2.39.